The van der Waals surface area contributed by atoms with Gasteiger partial charge in [-0.15, -0.1) is 22.7 Å². The van der Waals surface area contributed by atoms with Crippen LogP contribution in [0.1, 0.15) is 26.8 Å². The van der Waals surface area contributed by atoms with Crippen molar-refractivity contribution >= 4 is 66.2 Å². The third kappa shape index (κ3) is 5.26. The van der Waals surface area contributed by atoms with Gasteiger partial charge in [0.25, 0.3) is 15.9 Å². The molecule has 2 aliphatic rings. The minimum atomic E-state index is -3.84. The van der Waals surface area contributed by atoms with Crippen LogP contribution in [0, 0.1) is 0 Å². The Bertz CT molecular complexity index is 1470. The summed E-state index contributed by atoms with van der Waals surface area (Å²) in [6.45, 7) is 0.839. The van der Waals surface area contributed by atoms with Crippen molar-refractivity contribution < 1.29 is 18.0 Å². The average Bonchev–Trinajstić information content (AvgIpc) is 3.47. The van der Waals surface area contributed by atoms with E-state index in [-0.39, 0.29) is 48.2 Å². The van der Waals surface area contributed by atoms with Crippen molar-refractivity contribution in [1.29, 1.82) is 0 Å². The summed E-state index contributed by atoms with van der Waals surface area (Å²) in [5.41, 5.74) is 6.78. The third-order valence-electron chi connectivity index (χ3n) is 6.57. The number of aromatic nitrogens is 1. The Morgan fingerprint density at radius 3 is 2.78 bits per heavy atom. The lowest BCUT2D eigenvalue weighted by Gasteiger charge is -2.40. The molecule has 0 spiro atoms. The maximum absolute atomic E-state index is 13.6. The maximum Gasteiger partial charge on any atom is 0.283 e. The molecule has 37 heavy (non-hydrogen) atoms. The van der Waals surface area contributed by atoms with Crippen molar-refractivity contribution in [2.75, 3.05) is 33.7 Å². The number of nitrogens with one attached hydrogen (secondary N) is 1. The van der Waals surface area contributed by atoms with Crippen LogP contribution < -0.4 is 11.1 Å². The molecule has 10 nitrogen and oxygen atoms in total. The molecule has 1 fully saturated rings. The van der Waals surface area contributed by atoms with Gasteiger partial charge in [0.1, 0.15) is 4.21 Å². The summed E-state index contributed by atoms with van der Waals surface area (Å²) in [6, 6.07) is 6.27. The predicted molar refractivity (Wildman–Crippen MR) is 144 cm³/mol. The van der Waals surface area contributed by atoms with Gasteiger partial charge < -0.3 is 15.5 Å². The number of carbonyl (C=O) groups is 2. The number of fused-ring (bicyclic) bond motifs is 2. The van der Waals surface area contributed by atoms with Crippen molar-refractivity contribution in [1.82, 2.24) is 24.4 Å². The number of rotatable bonds is 5. The van der Waals surface area contributed by atoms with Crippen molar-refractivity contribution in [3.63, 3.8) is 0 Å². The second-order valence-electron chi connectivity index (χ2n) is 9.34. The molecule has 0 bridgehead atoms. The number of nitrogens with zero attached hydrogens (tertiary/aromatic N) is 4. The fourth-order valence-corrected chi connectivity index (χ4v) is 8.80. The van der Waals surface area contributed by atoms with Crippen molar-refractivity contribution in [3.8, 4) is 0 Å². The number of sulfonamides is 1. The molecule has 3 aromatic rings. The van der Waals surface area contributed by atoms with Gasteiger partial charge in [0.15, 0.2) is 5.01 Å². The number of hydrogen-bond donors (Lipinski definition) is 2. The van der Waals surface area contributed by atoms with Crippen LogP contribution >= 0.6 is 34.3 Å². The normalized spacial score (nSPS) is 20.7. The van der Waals surface area contributed by atoms with Crippen LogP contribution in [-0.2, 0) is 27.8 Å². The number of thiazole rings is 1. The highest BCUT2D eigenvalue weighted by atomic mass is 35.5. The second-order valence-corrected chi connectivity index (χ2v) is 14.1. The van der Waals surface area contributed by atoms with E-state index in [9.17, 15) is 18.0 Å². The van der Waals surface area contributed by atoms with Gasteiger partial charge in [0.05, 0.1) is 17.9 Å². The first-order chi connectivity index (χ1) is 17.5. The number of benzene rings is 1. The molecule has 1 saturated heterocycles. The molecule has 2 unspecified atom stereocenters. The van der Waals surface area contributed by atoms with Gasteiger partial charge in [-0.05, 0) is 23.6 Å². The first-order valence-electron chi connectivity index (χ1n) is 11.7. The summed E-state index contributed by atoms with van der Waals surface area (Å²) in [7, 11) is -0.561. The standard InChI is InChI=1S/C23H27ClN6O4S3/c1-28(2)20(31)9-15-12-29(37(33,34)21-7-13-3-4-14(24)8-17(13)35-21)5-6-30(15)23(32)22-27-16-10-19(25)26-11-18(16)36-22/h3-4,7-8,15,19,26H,5-6,9-12,25H2,1-2H3. The minimum Gasteiger partial charge on any atom is -0.349 e. The zero-order valence-corrected chi connectivity index (χ0v) is 23.5. The molecule has 2 aliphatic heterocycles. The Labute approximate surface area is 228 Å². The van der Waals surface area contributed by atoms with E-state index in [1.54, 1.807) is 43.3 Å². The number of carbonyl (C=O) groups excluding carboxylic acids is 2. The molecule has 2 aromatic heterocycles. The fraction of sp³-hybridized carbons (Fsp3) is 0.435. The van der Waals surface area contributed by atoms with Gasteiger partial charge in [-0.3, -0.25) is 14.9 Å². The molecule has 2 amide bonds. The van der Waals surface area contributed by atoms with Gasteiger partial charge in [0, 0.05) is 67.7 Å². The molecule has 2 atom stereocenters. The van der Waals surface area contributed by atoms with Crippen molar-refractivity contribution in [3.05, 3.63) is 44.9 Å². The van der Waals surface area contributed by atoms with Gasteiger partial charge in [-0.2, -0.15) is 4.31 Å². The van der Waals surface area contributed by atoms with Gasteiger partial charge in [-0.25, -0.2) is 13.4 Å². The van der Waals surface area contributed by atoms with Crippen LogP contribution in [0.5, 0.6) is 0 Å². The predicted octanol–water partition coefficient (Wildman–Crippen LogP) is 1.94. The van der Waals surface area contributed by atoms with E-state index in [1.807, 2.05) is 0 Å². The van der Waals surface area contributed by atoms with Crippen LogP contribution in [0.4, 0.5) is 0 Å². The third-order valence-corrected chi connectivity index (χ3v) is 11.3. The maximum atomic E-state index is 13.6. The average molecular weight is 583 g/mol. The number of nitrogens with two attached hydrogens (primary N) is 1. The first-order valence-corrected chi connectivity index (χ1v) is 15.2. The van der Waals surface area contributed by atoms with Crippen LogP contribution in [0.15, 0.2) is 28.5 Å². The number of amides is 2. The van der Waals surface area contributed by atoms with E-state index >= 15 is 0 Å². The largest absolute Gasteiger partial charge is 0.349 e. The van der Waals surface area contributed by atoms with Crippen LogP contribution in [0.3, 0.4) is 0 Å². The van der Waals surface area contributed by atoms with Crippen molar-refractivity contribution in [2.45, 2.75) is 35.8 Å². The zero-order chi connectivity index (χ0) is 26.5. The minimum absolute atomic E-state index is 0.00427. The summed E-state index contributed by atoms with van der Waals surface area (Å²) in [5.74, 6) is -0.481. The highest BCUT2D eigenvalue weighted by Crippen LogP contribution is 2.34. The Morgan fingerprint density at radius 2 is 2.03 bits per heavy atom. The highest BCUT2D eigenvalue weighted by Gasteiger charge is 2.39. The molecule has 5 rings (SSSR count). The van der Waals surface area contributed by atoms with E-state index in [1.165, 1.54) is 20.5 Å². The molecule has 4 heterocycles. The SMILES string of the molecule is CN(C)C(=O)CC1CN(S(=O)(=O)c2cc3ccc(Cl)cc3s2)CCN1C(=O)c1nc2c(s1)CNC(N)C2. The zero-order valence-electron chi connectivity index (χ0n) is 20.3. The molecule has 0 aliphatic carbocycles. The number of thiophene rings is 1. The lowest BCUT2D eigenvalue weighted by molar-refractivity contribution is -0.130. The summed E-state index contributed by atoms with van der Waals surface area (Å²) < 4.78 is 29.5. The van der Waals surface area contributed by atoms with E-state index < -0.39 is 16.1 Å². The summed E-state index contributed by atoms with van der Waals surface area (Å²) >= 11 is 8.55. The molecular weight excluding hydrogens is 556 g/mol. The van der Waals surface area contributed by atoms with E-state index in [4.69, 9.17) is 17.3 Å². The van der Waals surface area contributed by atoms with E-state index in [0.717, 1.165) is 32.0 Å². The summed E-state index contributed by atoms with van der Waals surface area (Å²) in [5, 5.41) is 4.83. The van der Waals surface area contributed by atoms with Crippen LogP contribution in [0.25, 0.3) is 10.1 Å². The van der Waals surface area contributed by atoms with Crippen LogP contribution in [-0.4, -0.2) is 85.3 Å². The Morgan fingerprint density at radius 1 is 1.24 bits per heavy atom. The highest BCUT2D eigenvalue weighted by molar-refractivity contribution is 7.91. The summed E-state index contributed by atoms with van der Waals surface area (Å²) in [6.07, 6.45) is 0.333. The molecule has 14 heteroatoms. The number of hydrogen-bond acceptors (Lipinski definition) is 9. The monoisotopic (exact) mass is 582 g/mol. The summed E-state index contributed by atoms with van der Waals surface area (Å²) in [4.78, 5) is 34.8. The van der Waals surface area contributed by atoms with Crippen LogP contribution in [0.2, 0.25) is 5.02 Å². The Balaban J connectivity index is 1.41. The molecule has 0 radical (unpaired) electrons. The second kappa shape index (κ2) is 10.2. The Kier molecular flexibility index (Phi) is 7.31. The van der Waals surface area contributed by atoms with E-state index in [0.29, 0.717) is 23.0 Å². The molecule has 1 aromatic carbocycles. The first kappa shape index (κ1) is 26.5. The van der Waals surface area contributed by atoms with Crippen molar-refractivity contribution in [2.24, 2.45) is 5.73 Å². The quantitative estimate of drug-likeness (QED) is 0.470. The molecule has 3 N–H and O–H groups in total. The lowest BCUT2D eigenvalue weighted by atomic mass is 10.1. The molecular formula is C23H27ClN6O4S3. The van der Waals surface area contributed by atoms with Gasteiger partial charge in [-0.1, -0.05) is 17.7 Å². The number of piperazine rings is 1. The van der Waals surface area contributed by atoms with E-state index in [2.05, 4.69) is 10.3 Å². The van der Waals surface area contributed by atoms with Gasteiger partial charge >= 0.3 is 0 Å². The fourth-order valence-electron chi connectivity index (χ4n) is 4.51. The van der Waals surface area contributed by atoms with Gasteiger partial charge in [0.2, 0.25) is 5.91 Å². The molecule has 198 valence electrons. The lowest BCUT2D eigenvalue weighted by Crippen LogP contribution is -2.57. The number of halogens is 1. The smallest absolute Gasteiger partial charge is 0.283 e. The molecule has 0 saturated carbocycles. The topological polar surface area (TPSA) is 129 Å². The Hall–Kier alpha value is -2.13.